The Bertz CT molecular complexity index is 574. The average Bonchev–Trinajstić information content (AvgIpc) is 2.72. The van der Waals surface area contributed by atoms with Crippen LogP contribution < -0.4 is 5.32 Å². The third-order valence-corrected chi connectivity index (χ3v) is 3.71. The topological polar surface area (TPSA) is 55.1 Å². The van der Waals surface area contributed by atoms with E-state index in [2.05, 4.69) is 44.8 Å². The van der Waals surface area contributed by atoms with Crippen LogP contribution in [-0.2, 0) is 0 Å². The molecule has 3 rings (SSSR count). The van der Waals surface area contributed by atoms with Crippen molar-refractivity contribution in [3.8, 4) is 0 Å². The van der Waals surface area contributed by atoms with Crippen LogP contribution in [0.1, 0.15) is 42.9 Å². The molecule has 0 spiro atoms. The van der Waals surface area contributed by atoms with Crippen molar-refractivity contribution >= 4 is 5.78 Å². The Hall–Kier alpha value is -1.49. The standard InChI is InChI=1S/C13H19N5/c1-8-7-11(4-5-14-8)12-16-17-13-15-9(2)6-10(3)18(12)13/h6,8,11,14H,4-5,7H2,1-3H3. The van der Waals surface area contributed by atoms with Crippen LogP contribution in [0.5, 0.6) is 0 Å². The minimum atomic E-state index is 0.486. The first-order chi connectivity index (χ1) is 8.65. The summed E-state index contributed by atoms with van der Waals surface area (Å²) in [5.41, 5.74) is 2.17. The third-order valence-electron chi connectivity index (χ3n) is 3.71. The van der Waals surface area contributed by atoms with E-state index in [1.54, 1.807) is 0 Å². The predicted molar refractivity (Wildman–Crippen MR) is 69.7 cm³/mol. The maximum atomic E-state index is 4.44. The second kappa shape index (κ2) is 4.31. The molecule has 1 aliphatic heterocycles. The fourth-order valence-corrected chi connectivity index (χ4v) is 2.89. The molecular weight excluding hydrogens is 226 g/mol. The van der Waals surface area contributed by atoms with Crippen molar-refractivity contribution in [1.29, 1.82) is 0 Å². The van der Waals surface area contributed by atoms with Crippen molar-refractivity contribution in [3.05, 3.63) is 23.3 Å². The molecule has 0 radical (unpaired) electrons. The number of nitrogens with zero attached hydrogens (tertiary/aromatic N) is 4. The van der Waals surface area contributed by atoms with Gasteiger partial charge in [-0.2, -0.15) is 0 Å². The van der Waals surface area contributed by atoms with E-state index in [1.165, 1.54) is 5.69 Å². The molecule has 1 fully saturated rings. The Morgan fingerprint density at radius 2 is 2.17 bits per heavy atom. The summed E-state index contributed by atoms with van der Waals surface area (Å²) in [6.45, 7) is 7.37. The molecule has 1 saturated heterocycles. The molecule has 5 nitrogen and oxygen atoms in total. The molecule has 3 heterocycles. The van der Waals surface area contributed by atoms with Crippen molar-refractivity contribution in [2.45, 2.75) is 45.6 Å². The Kier molecular flexibility index (Phi) is 2.78. The number of aromatic nitrogens is 4. The number of aryl methyl sites for hydroxylation is 2. The molecule has 0 saturated carbocycles. The number of hydrogen-bond acceptors (Lipinski definition) is 4. The van der Waals surface area contributed by atoms with E-state index in [1.807, 2.05) is 6.92 Å². The maximum absolute atomic E-state index is 4.44. The van der Waals surface area contributed by atoms with E-state index in [0.29, 0.717) is 12.0 Å². The summed E-state index contributed by atoms with van der Waals surface area (Å²) in [4.78, 5) is 4.44. The number of piperidine rings is 1. The molecule has 2 aromatic rings. The monoisotopic (exact) mass is 245 g/mol. The highest BCUT2D eigenvalue weighted by atomic mass is 15.3. The number of nitrogens with one attached hydrogen (secondary N) is 1. The lowest BCUT2D eigenvalue weighted by molar-refractivity contribution is 0.369. The fraction of sp³-hybridized carbons (Fsp3) is 0.615. The van der Waals surface area contributed by atoms with Gasteiger partial charge in [0.15, 0.2) is 0 Å². The van der Waals surface area contributed by atoms with Gasteiger partial charge in [0.05, 0.1) is 0 Å². The smallest absolute Gasteiger partial charge is 0.255 e. The molecule has 2 unspecified atom stereocenters. The minimum absolute atomic E-state index is 0.486. The summed E-state index contributed by atoms with van der Waals surface area (Å²) < 4.78 is 2.11. The van der Waals surface area contributed by atoms with Gasteiger partial charge in [-0.1, -0.05) is 0 Å². The van der Waals surface area contributed by atoms with Crippen LogP contribution in [0.25, 0.3) is 5.78 Å². The lowest BCUT2D eigenvalue weighted by Crippen LogP contribution is -2.35. The van der Waals surface area contributed by atoms with Gasteiger partial charge in [-0.15, -0.1) is 10.2 Å². The van der Waals surface area contributed by atoms with Gasteiger partial charge in [-0.3, -0.25) is 4.40 Å². The van der Waals surface area contributed by atoms with Gasteiger partial charge in [0.1, 0.15) is 5.82 Å². The van der Waals surface area contributed by atoms with E-state index in [4.69, 9.17) is 0 Å². The van der Waals surface area contributed by atoms with E-state index < -0.39 is 0 Å². The Morgan fingerprint density at radius 3 is 2.94 bits per heavy atom. The molecule has 2 atom stereocenters. The molecule has 0 amide bonds. The zero-order chi connectivity index (χ0) is 12.7. The summed E-state index contributed by atoms with van der Waals surface area (Å²) in [6.07, 6.45) is 2.24. The average molecular weight is 245 g/mol. The van der Waals surface area contributed by atoms with Crippen molar-refractivity contribution in [1.82, 2.24) is 24.9 Å². The van der Waals surface area contributed by atoms with Crippen LogP contribution in [0.2, 0.25) is 0 Å². The van der Waals surface area contributed by atoms with Gasteiger partial charge in [0.25, 0.3) is 5.78 Å². The van der Waals surface area contributed by atoms with Gasteiger partial charge in [0, 0.05) is 23.3 Å². The maximum Gasteiger partial charge on any atom is 0.255 e. The van der Waals surface area contributed by atoms with E-state index in [-0.39, 0.29) is 0 Å². The van der Waals surface area contributed by atoms with Crippen LogP contribution in [0, 0.1) is 13.8 Å². The van der Waals surface area contributed by atoms with Crippen LogP contribution in [0.4, 0.5) is 0 Å². The number of hydrogen-bond donors (Lipinski definition) is 1. The molecule has 5 heteroatoms. The summed E-state index contributed by atoms with van der Waals surface area (Å²) in [7, 11) is 0. The largest absolute Gasteiger partial charge is 0.314 e. The van der Waals surface area contributed by atoms with Crippen LogP contribution in [0.3, 0.4) is 0 Å². The molecule has 18 heavy (non-hydrogen) atoms. The molecule has 0 aliphatic carbocycles. The lowest BCUT2D eigenvalue weighted by Gasteiger charge is -2.26. The van der Waals surface area contributed by atoms with E-state index >= 15 is 0 Å². The quantitative estimate of drug-likeness (QED) is 0.829. The van der Waals surface area contributed by atoms with Crippen molar-refractivity contribution in [2.75, 3.05) is 6.54 Å². The highest BCUT2D eigenvalue weighted by Crippen LogP contribution is 2.27. The molecule has 0 bridgehead atoms. The van der Waals surface area contributed by atoms with E-state index in [0.717, 1.165) is 36.7 Å². The van der Waals surface area contributed by atoms with Gasteiger partial charge in [0.2, 0.25) is 0 Å². The van der Waals surface area contributed by atoms with Gasteiger partial charge in [-0.05, 0) is 46.2 Å². The normalized spacial score (nSPS) is 24.6. The highest BCUT2D eigenvalue weighted by molar-refractivity contribution is 5.33. The molecule has 0 aromatic carbocycles. The van der Waals surface area contributed by atoms with Crippen LogP contribution in [0.15, 0.2) is 6.07 Å². The number of fused-ring (bicyclic) bond motifs is 1. The zero-order valence-corrected chi connectivity index (χ0v) is 11.1. The molecule has 1 N–H and O–H groups in total. The number of rotatable bonds is 1. The molecule has 2 aromatic heterocycles. The molecule has 96 valence electrons. The van der Waals surface area contributed by atoms with E-state index in [9.17, 15) is 0 Å². The first-order valence-electron chi connectivity index (χ1n) is 6.58. The van der Waals surface area contributed by atoms with Gasteiger partial charge in [-0.25, -0.2) is 4.98 Å². The lowest BCUT2D eigenvalue weighted by atomic mass is 9.92. The van der Waals surface area contributed by atoms with Gasteiger partial charge >= 0.3 is 0 Å². The fourth-order valence-electron chi connectivity index (χ4n) is 2.89. The summed E-state index contributed by atoms with van der Waals surface area (Å²) >= 11 is 0. The molecule has 1 aliphatic rings. The minimum Gasteiger partial charge on any atom is -0.314 e. The predicted octanol–water partition coefficient (Wildman–Crippen LogP) is 1.60. The van der Waals surface area contributed by atoms with Crippen LogP contribution in [-0.4, -0.2) is 32.2 Å². The Balaban J connectivity index is 2.07. The van der Waals surface area contributed by atoms with Gasteiger partial charge < -0.3 is 5.32 Å². The van der Waals surface area contributed by atoms with Crippen molar-refractivity contribution < 1.29 is 0 Å². The summed E-state index contributed by atoms with van der Waals surface area (Å²) in [5, 5.41) is 12.1. The Labute approximate surface area is 107 Å². The summed E-state index contributed by atoms with van der Waals surface area (Å²) in [6, 6.07) is 2.64. The second-order valence-electron chi connectivity index (χ2n) is 5.31. The Morgan fingerprint density at radius 1 is 1.33 bits per heavy atom. The zero-order valence-electron chi connectivity index (χ0n) is 11.1. The first kappa shape index (κ1) is 11.6. The van der Waals surface area contributed by atoms with Crippen molar-refractivity contribution in [3.63, 3.8) is 0 Å². The second-order valence-corrected chi connectivity index (χ2v) is 5.31. The SMILES string of the molecule is Cc1cc(C)n2c(C3CCNC(C)C3)nnc2n1. The molecular formula is C13H19N5. The van der Waals surface area contributed by atoms with Crippen molar-refractivity contribution in [2.24, 2.45) is 0 Å². The van der Waals surface area contributed by atoms with Crippen LogP contribution >= 0.6 is 0 Å². The highest BCUT2D eigenvalue weighted by Gasteiger charge is 2.25. The first-order valence-corrected chi connectivity index (χ1v) is 6.58. The summed E-state index contributed by atoms with van der Waals surface area (Å²) in [5.74, 6) is 2.29. The third kappa shape index (κ3) is 1.88.